The van der Waals surface area contributed by atoms with Crippen LogP contribution in [0.3, 0.4) is 0 Å². The van der Waals surface area contributed by atoms with Gasteiger partial charge in [0, 0.05) is 37.0 Å². The molecule has 0 aromatic heterocycles. The average Bonchev–Trinajstić information content (AvgIpc) is 2.77. The quantitative estimate of drug-likeness (QED) is 0.689. The van der Waals surface area contributed by atoms with Crippen LogP contribution in [0.4, 0.5) is 0 Å². The average molecular weight is 302 g/mol. The molecule has 4 rings (SSSR count). The number of rotatable bonds is 0. The highest BCUT2D eigenvalue weighted by atomic mass is 16.1. The Hall–Kier alpha value is -0.990. The lowest BCUT2D eigenvalue weighted by Gasteiger charge is -2.58. The Morgan fingerprint density at radius 2 is 1.68 bits per heavy atom. The summed E-state index contributed by atoms with van der Waals surface area (Å²) < 4.78 is 0. The Bertz CT molecular complexity index is 565. The summed E-state index contributed by atoms with van der Waals surface area (Å²) in [4.78, 5) is 37.0. The fourth-order valence-corrected chi connectivity index (χ4v) is 6.61. The van der Waals surface area contributed by atoms with Crippen LogP contribution in [-0.4, -0.2) is 17.3 Å². The number of carbonyl (C=O) groups is 3. The SMILES string of the molecule is C[C@]12CCC(=O)C[C@@H]1C(=O)C[C@@H]1[C@@H]2CC[C@]2(C)C(=O)CC[C@@H]12. The summed E-state index contributed by atoms with van der Waals surface area (Å²) in [5.74, 6) is 2.27. The number of Topliss-reactive ketones (excluding diaryl/α,β-unsaturated/α-hetero) is 3. The molecule has 0 heterocycles. The van der Waals surface area contributed by atoms with Crippen molar-refractivity contribution in [1.82, 2.24) is 0 Å². The maximum atomic E-state index is 12.8. The van der Waals surface area contributed by atoms with E-state index >= 15 is 0 Å². The largest absolute Gasteiger partial charge is 0.300 e. The van der Waals surface area contributed by atoms with Crippen molar-refractivity contribution >= 4 is 17.3 Å². The van der Waals surface area contributed by atoms with Crippen molar-refractivity contribution in [3.63, 3.8) is 0 Å². The molecular formula is C19H26O3. The first-order valence-corrected chi connectivity index (χ1v) is 8.94. The number of carbonyl (C=O) groups excluding carboxylic acids is 3. The minimum Gasteiger partial charge on any atom is -0.300 e. The molecule has 4 aliphatic rings. The number of ketones is 3. The van der Waals surface area contributed by atoms with Crippen LogP contribution >= 0.6 is 0 Å². The zero-order valence-electron chi connectivity index (χ0n) is 13.7. The highest BCUT2D eigenvalue weighted by Gasteiger charge is 2.62. The Morgan fingerprint density at radius 3 is 2.45 bits per heavy atom. The molecule has 0 amide bonds. The van der Waals surface area contributed by atoms with E-state index in [2.05, 4.69) is 13.8 Å². The van der Waals surface area contributed by atoms with Crippen molar-refractivity contribution < 1.29 is 14.4 Å². The van der Waals surface area contributed by atoms with Gasteiger partial charge in [-0.05, 0) is 48.9 Å². The summed E-state index contributed by atoms with van der Waals surface area (Å²) in [6, 6.07) is 0. The van der Waals surface area contributed by atoms with Gasteiger partial charge in [-0.25, -0.2) is 0 Å². The number of hydrogen-bond acceptors (Lipinski definition) is 3. The molecule has 4 aliphatic carbocycles. The first-order valence-electron chi connectivity index (χ1n) is 8.94. The molecule has 0 aliphatic heterocycles. The maximum Gasteiger partial charge on any atom is 0.139 e. The van der Waals surface area contributed by atoms with Gasteiger partial charge in [-0.2, -0.15) is 0 Å². The minimum atomic E-state index is -0.171. The Labute approximate surface area is 132 Å². The monoisotopic (exact) mass is 302 g/mol. The Balaban J connectivity index is 1.71. The van der Waals surface area contributed by atoms with Crippen LogP contribution in [0.15, 0.2) is 0 Å². The minimum absolute atomic E-state index is 0.000871. The van der Waals surface area contributed by atoms with E-state index in [0.717, 1.165) is 25.7 Å². The van der Waals surface area contributed by atoms with Crippen LogP contribution in [0.2, 0.25) is 0 Å². The first-order chi connectivity index (χ1) is 10.4. The zero-order valence-corrected chi connectivity index (χ0v) is 13.7. The molecule has 0 unspecified atom stereocenters. The van der Waals surface area contributed by atoms with Gasteiger partial charge in [0.15, 0.2) is 0 Å². The Kier molecular flexibility index (Phi) is 3.00. The van der Waals surface area contributed by atoms with Gasteiger partial charge in [0.05, 0.1) is 0 Å². The number of hydrogen-bond donors (Lipinski definition) is 0. The molecule has 0 radical (unpaired) electrons. The van der Waals surface area contributed by atoms with E-state index < -0.39 is 0 Å². The fraction of sp³-hybridized carbons (Fsp3) is 0.842. The molecule has 0 spiro atoms. The first kappa shape index (κ1) is 14.6. The van der Waals surface area contributed by atoms with E-state index in [0.29, 0.717) is 55.0 Å². The van der Waals surface area contributed by atoms with E-state index in [1.54, 1.807) is 0 Å². The van der Waals surface area contributed by atoms with E-state index in [-0.39, 0.29) is 22.5 Å². The van der Waals surface area contributed by atoms with Crippen molar-refractivity contribution in [2.45, 2.75) is 65.2 Å². The maximum absolute atomic E-state index is 12.8. The second kappa shape index (κ2) is 4.52. The summed E-state index contributed by atoms with van der Waals surface area (Å²) >= 11 is 0. The van der Waals surface area contributed by atoms with Gasteiger partial charge in [-0.3, -0.25) is 14.4 Å². The lowest BCUT2D eigenvalue weighted by molar-refractivity contribution is -0.159. The normalized spacial score (nSPS) is 51.3. The summed E-state index contributed by atoms with van der Waals surface area (Å²) in [6.07, 6.45) is 6.34. The summed E-state index contributed by atoms with van der Waals surface area (Å²) in [6.45, 7) is 4.41. The second-order valence-electron chi connectivity index (χ2n) is 8.77. The molecule has 0 aromatic rings. The van der Waals surface area contributed by atoms with Crippen molar-refractivity contribution in [2.75, 3.05) is 0 Å². The molecule has 22 heavy (non-hydrogen) atoms. The molecule has 4 saturated carbocycles. The molecule has 0 saturated heterocycles. The predicted molar refractivity (Wildman–Crippen MR) is 82.1 cm³/mol. The third kappa shape index (κ3) is 1.71. The molecule has 3 nitrogen and oxygen atoms in total. The zero-order chi connectivity index (χ0) is 15.7. The van der Waals surface area contributed by atoms with Gasteiger partial charge < -0.3 is 0 Å². The summed E-state index contributed by atoms with van der Waals surface area (Å²) in [7, 11) is 0. The molecule has 120 valence electrons. The van der Waals surface area contributed by atoms with Crippen LogP contribution in [-0.2, 0) is 14.4 Å². The van der Waals surface area contributed by atoms with Crippen LogP contribution in [0, 0.1) is 34.5 Å². The van der Waals surface area contributed by atoms with Gasteiger partial charge in [0.25, 0.3) is 0 Å². The summed E-state index contributed by atoms with van der Waals surface area (Å²) in [5.41, 5.74) is -0.171. The molecule has 4 fully saturated rings. The predicted octanol–water partition coefficient (Wildman–Crippen LogP) is 3.35. The van der Waals surface area contributed by atoms with Crippen molar-refractivity contribution in [2.24, 2.45) is 34.5 Å². The van der Waals surface area contributed by atoms with Crippen LogP contribution in [0.1, 0.15) is 65.2 Å². The molecule has 3 heteroatoms. The molecule has 6 atom stereocenters. The second-order valence-corrected chi connectivity index (χ2v) is 8.77. The van der Waals surface area contributed by atoms with Crippen molar-refractivity contribution in [3.8, 4) is 0 Å². The van der Waals surface area contributed by atoms with Gasteiger partial charge in [-0.1, -0.05) is 13.8 Å². The summed E-state index contributed by atoms with van der Waals surface area (Å²) in [5, 5.41) is 0. The van der Waals surface area contributed by atoms with Crippen LogP contribution in [0.5, 0.6) is 0 Å². The fourth-order valence-electron chi connectivity index (χ4n) is 6.61. The molecule has 0 N–H and O–H groups in total. The lowest BCUT2D eigenvalue weighted by Crippen LogP contribution is -2.56. The van der Waals surface area contributed by atoms with Gasteiger partial charge in [0.2, 0.25) is 0 Å². The van der Waals surface area contributed by atoms with Gasteiger partial charge in [0.1, 0.15) is 17.3 Å². The Morgan fingerprint density at radius 1 is 0.909 bits per heavy atom. The number of fused-ring (bicyclic) bond motifs is 5. The van der Waals surface area contributed by atoms with E-state index in [9.17, 15) is 14.4 Å². The smallest absolute Gasteiger partial charge is 0.139 e. The standard InChI is InChI=1S/C19H26O3/c1-18-7-5-11(20)9-15(18)16(21)10-12-13-3-4-17(22)19(13,2)8-6-14(12)18/h12-15H,3-10H2,1-2H3/t12-,13-,14-,15+,18+,19-/m0/s1. The molecule has 0 bridgehead atoms. The van der Waals surface area contributed by atoms with Crippen molar-refractivity contribution in [3.05, 3.63) is 0 Å². The van der Waals surface area contributed by atoms with Gasteiger partial charge >= 0.3 is 0 Å². The van der Waals surface area contributed by atoms with E-state index in [1.807, 2.05) is 0 Å². The lowest BCUT2D eigenvalue weighted by atomic mass is 9.45. The third-order valence-corrected chi connectivity index (χ3v) is 7.99. The highest BCUT2D eigenvalue weighted by molar-refractivity contribution is 5.91. The van der Waals surface area contributed by atoms with Crippen LogP contribution < -0.4 is 0 Å². The molecule has 0 aromatic carbocycles. The topological polar surface area (TPSA) is 51.2 Å². The highest BCUT2D eigenvalue weighted by Crippen LogP contribution is 2.64. The van der Waals surface area contributed by atoms with Gasteiger partial charge in [-0.15, -0.1) is 0 Å². The van der Waals surface area contributed by atoms with E-state index in [4.69, 9.17) is 0 Å². The van der Waals surface area contributed by atoms with E-state index in [1.165, 1.54) is 0 Å². The van der Waals surface area contributed by atoms with Crippen molar-refractivity contribution in [1.29, 1.82) is 0 Å². The van der Waals surface area contributed by atoms with Crippen LogP contribution in [0.25, 0.3) is 0 Å². The third-order valence-electron chi connectivity index (χ3n) is 7.99. The molecular weight excluding hydrogens is 276 g/mol.